The molecule has 0 aliphatic heterocycles. The molecule has 0 spiro atoms. The van der Waals surface area contributed by atoms with E-state index in [-0.39, 0.29) is 6.03 Å². The van der Waals surface area contributed by atoms with E-state index >= 15 is 0 Å². The maximum absolute atomic E-state index is 12.3. The Balaban J connectivity index is 1.43. The lowest BCUT2D eigenvalue weighted by Gasteiger charge is -2.08. The van der Waals surface area contributed by atoms with Gasteiger partial charge < -0.3 is 19.6 Å². The predicted octanol–water partition coefficient (Wildman–Crippen LogP) is 3.86. The van der Waals surface area contributed by atoms with Gasteiger partial charge in [0, 0.05) is 24.1 Å². The monoisotopic (exact) mass is 339 g/mol. The summed E-state index contributed by atoms with van der Waals surface area (Å²) in [5, 5.41) is 17.3. The summed E-state index contributed by atoms with van der Waals surface area (Å²) in [6, 6.07) is 6.83. The molecule has 4 rings (SSSR count). The molecule has 1 fully saturated rings. The molecule has 2 N–H and O–H groups in total. The number of benzene rings is 1. The summed E-state index contributed by atoms with van der Waals surface area (Å²) in [5.41, 5.74) is 2.79. The van der Waals surface area contributed by atoms with E-state index in [0.717, 1.165) is 24.2 Å². The maximum Gasteiger partial charge on any atom is 0.323 e. The molecular weight excluding hydrogens is 322 g/mol. The Morgan fingerprint density at radius 1 is 1.12 bits per heavy atom. The summed E-state index contributed by atoms with van der Waals surface area (Å²) in [6.07, 6.45) is 2.14. The van der Waals surface area contributed by atoms with Crippen LogP contribution < -0.4 is 10.6 Å². The van der Waals surface area contributed by atoms with Gasteiger partial charge in [-0.25, -0.2) is 4.79 Å². The van der Waals surface area contributed by atoms with Crippen LogP contribution in [0.3, 0.4) is 0 Å². The van der Waals surface area contributed by atoms with Crippen LogP contribution in [0.2, 0.25) is 0 Å². The molecule has 2 aromatic heterocycles. The number of urea groups is 1. The molecule has 1 saturated carbocycles. The van der Waals surface area contributed by atoms with Crippen molar-refractivity contribution in [1.82, 2.24) is 15.4 Å². The number of nitrogens with one attached hydrogen (secondary N) is 2. The number of aryl methyl sites for hydroxylation is 2. The average Bonchev–Trinajstić information content (AvgIpc) is 3.25. The van der Waals surface area contributed by atoms with Gasteiger partial charge in [0.25, 0.3) is 0 Å². The average molecular weight is 339 g/mol. The second-order valence-electron chi connectivity index (χ2n) is 6.06. The van der Waals surface area contributed by atoms with Crippen molar-refractivity contribution >= 4 is 17.4 Å². The largest absolute Gasteiger partial charge is 0.421 e. The first-order chi connectivity index (χ1) is 12.1. The van der Waals surface area contributed by atoms with Gasteiger partial charge >= 0.3 is 6.03 Å². The van der Waals surface area contributed by atoms with Crippen molar-refractivity contribution in [3.8, 4) is 11.5 Å². The quantitative estimate of drug-likeness (QED) is 0.747. The zero-order chi connectivity index (χ0) is 17.4. The van der Waals surface area contributed by atoms with Crippen LogP contribution in [-0.2, 0) is 0 Å². The zero-order valence-corrected chi connectivity index (χ0v) is 13.9. The van der Waals surface area contributed by atoms with E-state index in [1.54, 1.807) is 19.1 Å². The highest BCUT2D eigenvalue weighted by Crippen LogP contribution is 2.44. The molecule has 0 bridgehead atoms. The second-order valence-corrected chi connectivity index (χ2v) is 6.06. The van der Waals surface area contributed by atoms with E-state index in [2.05, 4.69) is 26.0 Å². The Bertz CT molecular complexity index is 909. The van der Waals surface area contributed by atoms with Crippen LogP contribution in [0, 0.1) is 13.8 Å². The van der Waals surface area contributed by atoms with E-state index in [4.69, 9.17) is 8.94 Å². The van der Waals surface area contributed by atoms with Gasteiger partial charge in [-0.2, -0.15) is 0 Å². The third-order valence-electron chi connectivity index (χ3n) is 3.99. The van der Waals surface area contributed by atoms with Gasteiger partial charge in [-0.05, 0) is 44.0 Å². The topological polar surface area (TPSA) is 106 Å². The van der Waals surface area contributed by atoms with E-state index in [0.29, 0.717) is 34.8 Å². The zero-order valence-electron chi connectivity index (χ0n) is 13.9. The minimum Gasteiger partial charge on any atom is -0.421 e. The summed E-state index contributed by atoms with van der Waals surface area (Å²) in [5.74, 6) is 2.08. The van der Waals surface area contributed by atoms with Crippen LogP contribution >= 0.6 is 0 Å². The van der Waals surface area contributed by atoms with Crippen molar-refractivity contribution in [3.63, 3.8) is 0 Å². The standard InChI is InChI=1S/C17H17N5O3/c1-9-14(15(25-22-9)11-3-4-11)19-17(23)18-13-7-5-12(6-8-13)16-21-20-10(2)24-16/h5-8,11H,3-4H2,1-2H3,(H2,18,19,23). The van der Waals surface area contributed by atoms with Crippen molar-refractivity contribution in [2.45, 2.75) is 32.6 Å². The van der Waals surface area contributed by atoms with Gasteiger partial charge in [0.05, 0.1) is 0 Å². The highest BCUT2D eigenvalue weighted by molar-refractivity contribution is 6.00. The lowest BCUT2D eigenvalue weighted by molar-refractivity contribution is 0.262. The first-order valence-electron chi connectivity index (χ1n) is 8.05. The normalized spacial score (nSPS) is 13.7. The Morgan fingerprint density at radius 3 is 2.52 bits per heavy atom. The van der Waals surface area contributed by atoms with E-state index in [9.17, 15) is 4.79 Å². The van der Waals surface area contributed by atoms with Crippen LogP contribution in [0.1, 0.15) is 36.1 Å². The fraction of sp³-hybridized carbons (Fsp3) is 0.294. The smallest absolute Gasteiger partial charge is 0.323 e. The van der Waals surface area contributed by atoms with Crippen LogP contribution in [0.5, 0.6) is 0 Å². The Hall–Kier alpha value is -3.16. The van der Waals surface area contributed by atoms with Crippen LogP contribution in [0.15, 0.2) is 33.2 Å². The predicted molar refractivity (Wildman–Crippen MR) is 90.3 cm³/mol. The molecule has 8 heteroatoms. The first-order valence-corrected chi connectivity index (χ1v) is 8.05. The van der Waals surface area contributed by atoms with Crippen LogP contribution in [0.4, 0.5) is 16.2 Å². The van der Waals surface area contributed by atoms with Crippen molar-refractivity contribution in [1.29, 1.82) is 0 Å². The van der Waals surface area contributed by atoms with Gasteiger partial charge in [-0.3, -0.25) is 0 Å². The summed E-state index contributed by atoms with van der Waals surface area (Å²) < 4.78 is 10.7. The molecule has 0 unspecified atom stereocenters. The molecule has 0 atom stereocenters. The lowest BCUT2D eigenvalue weighted by Crippen LogP contribution is -2.20. The Morgan fingerprint density at radius 2 is 1.88 bits per heavy atom. The molecule has 2 amide bonds. The number of nitrogens with zero attached hydrogens (tertiary/aromatic N) is 3. The summed E-state index contributed by atoms with van der Waals surface area (Å²) in [7, 11) is 0. The van der Waals surface area contributed by atoms with Gasteiger partial charge in [-0.15, -0.1) is 10.2 Å². The van der Waals surface area contributed by atoms with Crippen molar-refractivity contribution in [2.24, 2.45) is 0 Å². The van der Waals surface area contributed by atoms with Crippen LogP contribution in [0.25, 0.3) is 11.5 Å². The molecule has 1 aliphatic rings. The van der Waals surface area contributed by atoms with E-state index < -0.39 is 0 Å². The fourth-order valence-corrected chi connectivity index (χ4v) is 2.55. The highest BCUT2D eigenvalue weighted by atomic mass is 16.5. The molecule has 128 valence electrons. The van der Waals surface area contributed by atoms with Gasteiger partial charge in [0.2, 0.25) is 11.8 Å². The number of hydrogen-bond donors (Lipinski definition) is 2. The minimum absolute atomic E-state index is 0.338. The fourth-order valence-electron chi connectivity index (χ4n) is 2.55. The number of aromatic nitrogens is 3. The summed E-state index contributed by atoms with van der Waals surface area (Å²) in [4.78, 5) is 12.3. The molecule has 3 aromatic rings. The molecule has 0 saturated heterocycles. The number of rotatable bonds is 4. The SMILES string of the molecule is Cc1nnc(-c2ccc(NC(=O)Nc3c(C)noc3C3CC3)cc2)o1. The summed E-state index contributed by atoms with van der Waals surface area (Å²) in [6.45, 7) is 3.55. The molecule has 0 radical (unpaired) electrons. The Labute approximate surface area is 143 Å². The van der Waals surface area contributed by atoms with Crippen molar-refractivity contribution in [2.75, 3.05) is 10.6 Å². The molecule has 25 heavy (non-hydrogen) atoms. The van der Waals surface area contributed by atoms with Crippen molar-refractivity contribution < 1.29 is 13.7 Å². The highest BCUT2D eigenvalue weighted by Gasteiger charge is 2.32. The number of hydrogen-bond acceptors (Lipinski definition) is 6. The first kappa shape index (κ1) is 15.4. The number of carbonyl (C=O) groups excluding carboxylic acids is 1. The Kier molecular flexibility index (Phi) is 3.72. The summed E-state index contributed by atoms with van der Waals surface area (Å²) >= 11 is 0. The van der Waals surface area contributed by atoms with E-state index in [1.165, 1.54) is 0 Å². The molecule has 1 aromatic carbocycles. The van der Waals surface area contributed by atoms with Crippen LogP contribution in [-0.4, -0.2) is 21.4 Å². The van der Waals surface area contributed by atoms with E-state index in [1.807, 2.05) is 19.1 Å². The van der Waals surface area contributed by atoms with Gasteiger partial charge in [-0.1, -0.05) is 5.16 Å². The molecule has 2 heterocycles. The molecular formula is C17H17N5O3. The third kappa shape index (κ3) is 3.23. The lowest BCUT2D eigenvalue weighted by atomic mass is 10.2. The molecule has 1 aliphatic carbocycles. The number of amides is 2. The minimum atomic E-state index is -0.338. The third-order valence-corrected chi connectivity index (χ3v) is 3.99. The molecule has 8 nitrogen and oxygen atoms in total. The van der Waals surface area contributed by atoms with Gasteiger partial charge in [0.15, 0.2) is 5.76 Å². The van der Waals surface area contributed by atoms with Crippen molar-refractivity contribution in [3.05, 3.63) is 41.6 Å². The maximum atomic E-state index is 12.3. The second kappa shape index (κ2) is 6.04. The number of carbonyl (C=O) groups is 1. The van der Waals surface area contributed by atoms with Gasteiger partial charge in [0.1, 0.15) is 11.4 Å². The number of anilines is 2.